The maximum absolute atomic E-state index is 12.1. The Balaban J connectivity index is 2.28. The van der Waals surface area contributed by atoms with Crippen LogP contribution in [0.4, 0.5) is 5.69 Å². The predicted octanol–water partition coefficient (Wildman–Crippen LogP) is 2.56. The van der Waals surface area contributed by atoms with Gasteiger partial charge in [-0.2, -0.15) is 5.10 Å². The molecule has 2 rings (SSSR count). The molecule has 1 amide bonds. The van der Waals surface area contributed by atoms with E-state index in [4.69, 9.17) is 22.3 Å². The van der Waals surface area contributed by atoms with Gasteiger partial charge in [-0.25, -0.2) is 8.42 Å². The third-order valence-electron chi connectivity index (χ3n) is 2.95. The second kappa shape index (κ2) is 5.67. The van der Waals surface area contributed by atoms with Crippen molar-refractivity contribution in [2.24, 2.45) is 7.05 Å². The van der Waals surface area contributed by atoms with E-state index in [0.717, 1.165) is 0 Å². The Labute approximate surface area is 131 Å². The molecule has 0 unspecified atom stereocenters. The van der Waals surface area contributed by atoms with E-state index < -0.39 is 9.05 Å². The number of nitrogens with zero attached hydrogens (tertiary/aromatic N) is 2. The zero-order valence-electron chi connectivity index (χ0n) is 11.1. The SMILES string of the molecule is Cc1c(C(=O)Nc2ccc(S(=O)(=O)Cl)cc2Cl)cnn1C. The van der Waals surface area contributed by atoms with Gasteiger partial charge in [-0.1, -0.05) is 11.6 Å². The molecule has 1 N–H and O–H groups in total. The van der Waals surface area contributed by atoms with Gasteiger partial charge < -0.3 is 5.32 Å². The first-order valence-corrected chi connectivity index (χ1v) is 8.43. The topological polar surface area (TPSA) is 81.1 Å². The second-order valence-corrected chi connectivity index (χ2v) is 7.27. The van der Waals surface area contributed by atoms with Gasteiger partial charge in [0.05, 0.1) is 27.4 Å². The minimum atomic E-state index is -3.86. The highest BCUT2D eigenvalue weighted by Gasteiger charge is 2.16. The lowest BCUT2D eigenvalue weighted by atomic mass is 10.2. The number of carbonyl (C=O) groups is 1. The molecule has 1 aromatic carbocycles. The Morgan fingerprint density at radius 3 is 2.52 bits per heavy atom. The minimum absolute atomic E-state index is 0.0756. The van der Waals surface area contributed by atoms with Crippen LogP contribution in [0.1, 0.15) is 16.1 Å². The highest BCUT2D eigenvalue weighted by molar-refractivity contribution is 8.13. The number of rotatable bonds is 3. The number of aromatic nitrogens is 2. The molecule has 0 aliphatic carbocycles. The Kier molecular flexibility index (Phi) is 4.27. The van der Waals surface area contributed by atoms with Crippen molar-refractivity contribution in [2.75, 3.05) is 5.32 Å². The molecular formula is C12H11Cl2N3O3S. The van der Waals surface area contributed by atoms with Crippen LogP contribution in [0.3, 0.4) is 0 Å². The van der Waals surface area contributed by atoms with Crippen molar-refractivity contribution in [2.45, 2.75) is 11.8 Å². The fourth-order valence-corrected chi connectivity index (χ4v) is 2.73. The predicted molar refractivity (Wildman–Crippen MR) is 80.4 cm³/mol. The van der Waals surface area contributed by atoms with Crippen LogP contribution in [0.2, 0.25) is 5.02 Å². The maximum atomic E-state index is 12.1. The van der Waals surface area contributed by atoms with Crippen LogP contribution in [0.15, 0.2) is 29.3 Å². The van der Waals surface area contributed by atoms with E-state index in [0.29, 0.717) is 11.3 Å². The smallest absolute Gasteiger partial charge is 0.261 e. The highest BCUT2D eigenvalue weighted by Crippen LogP contribution is 2.27. The van der Waals surface area contributed by atoms with Crippen molar-refractivity contribution in [3.63, 3.8) is 0 Å². The summed E-state index contributed by atoms with van der Waals surface area (Å²) in [7, 11) is 3.08. The van der Waals surface area contributed by atoms with E-state index in [-0.39, 0.29) is 21.5 Å². The summed E-state index contributed by atoms with van der Waals surface area (Å²) in [6.45, 7) is 1.76. The average molecular weight is 348 g/mol. The molecule has 0 radical (unpaired) electrons. The van der Waals surface area contributed by atoms with Gasteiger partial charge >= 0.3 is 0 Å². The van der Waals surface area contributed by atoms with E-state index in [1.807, 2.05) is 0 Å². The summed E-state index contributed by atoms with van der Waals surface area (Å²) in [6.07, 6.45) is 1.44. The van der Waals surface area contributed by atoms with E-state index in [1.54, 1.807) is 18.7 Å². The molecule has 0 aliphatic heterocycles. The second-order valence-electron chi connectivity index (χ2n) is 4.30. The lowest BCUT2D eigenvalue weighted by Gasteiger charge is -2.08. The zero-order valence-corrected chi connectivity index (χ0v) is 13.4. The van der Waals surface area contributed by atoms with Crippen molar-refractivity contribution < 1.29 is 13.2 Å². The average Bonchev–Trinajstić information content (AvgIpc) is 2.71. The van der Waals surface area contributed by atoms with Gasteiger partial charge in [0, 0.05) is 23.4 Å². The number of carbonyl (C=O) groups excluding carboxylic acids is 1. The Morgan fingerprint density at radius 2 is 2.05 bits per heavy atom. The molecule has 2 aromatic rings. The lowest BCUT2D eigenvalue weighted by molar-refractivity contribution is 0.102. The van der Waals surface area contributed by atoms with Crippen molar-refractivity contribution in [3.05, 3.63) is 40.7 Å². The molecule has 0 spiro atoms. The molecule has 9 heteroatoms. The standard InChI is InChI=1S/C12H11Cl2N3O3S/c1-7-9(6-15-17(7)2)12(18)16-11-4-3-8(5-10(11)13)21(14,19)20/h3-6H,1-2H3,(H,16,18). The molecule has 0 atom stereocenters. The number of hydrogen-bond donors (Lipinski definition) is 1. The van der Waals surface area contributed by atoms with E-state index in [9.17, 15) is 13.2 Å². The van der Waals surface area contributed by atoms with E-state index in [1.165, 1.54) is 24.4 Å². The molecule has 1 heterocycles. The van der Waals surface area contributed by atoms with Crippen LogP contribution >= 0.6 is 22.3 Å². The molecule has 112 valence electrons. The number of anilines is 1. The van der Waals surface area contributed by atoms with Crippen molar-refractivity contribution in [1.29, 1.82) is 0 Å². The third-order valence-corrected chi connectivity index (χ3v) is 4.61. The third kappa shape index (κ3) is 3.37. The number of aryl methyl sites for hydroxylation is 1. The normalized spacial score (nSPS) is 11.4. The quantitative estimate of drug-likeness (QED) is 0.865. The fourth-order valence-electron chi connectivity index (χ4n) is 1.66. The number of hydrogen-bond acceptors (Lipinski definition) is 4. The van der Waals surface area contributed by atoms with Gasteiger partial charge in [0.1, 0.15) is 0 Å². The van der Waals surface area contributed by atoms with Crippen LogP contribution in [-0.2, 0) is 16.1 Å². The van der Waals surface area contributed by atoms with Crippen molar-refractivity contribution in [1.82, 2.24) is 9.78 Å². The summed E-state index contributed by atoms with van der Waals surface area (Å²) in [5, 5.41) is 6.65. The number of halogens is 2. The van der Waals surface area contributed by atoms with Gasteiger partial charge in [-0.05, 0) is 25.1 Å². The summed E-state index contributed by atoms with van der Waals surface area (Å²) < 4.78 is 24.0. The number of amides is 1. The molecule has 0 aliphatic rings. The number of nitrogens with one attached hydrogen (secondary N) is 1. The molecule has 0 bridgehead atoms. The van der Waals surface area contributed by atoms with Gasteiger partial charge in [0.2, 0.25) is 0 Å². The largest absolute Gasteiger partial charge is 0.321 e. The fraction of sp³-hybridized carbons (Fsp3) is 0.167. The highest BCUT2D eigenvalue weighted by atomic mass is 35.7. The first-order chi connectivity index (χ1) is 9.70. The summed E-state index contributed by atoms with van der Waals surface area (Å²) >= 11 is 5.95. The first kappa shape index (κ1) is 15.8. The van der Waals surface area contributed by atoms with Crippen LogP contribution in [-0.4, -0.2) is 24.1 Å². The molecule has 0 saturated heterocycles. The van der Waals surface area contributed by atoms with E-state index >= 15 is 0 Å². The first-order valence-electron chi connectivity index (χ1n) is 5.74. The summed E-state index contributed by atoms with van der Waals surface area (Å²) in [5.41, 5.74) is 1.39. The van der Waals surface area contributed by atoms with E-state index in [2.05, 4.69) is 10.4 Å². The zero-order chi connectivity index (χ0) is 15.8. The van der Waals surface area contributed by atoms with Crippen LogP contribution in [0, 0.1) is 6.92 Å². The van der Waals surface area contributed by atoms with Gasteiger partial charge in [-0.15, -0.1) is 0 Å². The van der Waals surface area contributed by atoms with Crippen LogP contribution in [0.25, 0.3) is 0 Å². The van der Waals surface area contributed by atoms with Gasteiger partial charge in [-0.3, -0.25) is 9.48 Å². The van der Waals surface area contributed by atoms with Crippen LogP contribution < -0.4 is 5.32 Å². The molecule has 0 saturated carbocycles. The Morgan fingerprint density at radius 1 is 1.38 bits per heavy atom. The maximum Gasteiger partial charge on any atom is 0.261 e. The summed E-state index contributed by atoms with van der Waals surface area (Å²) in [4.78, 5) is 12.0. The molecule has 0 fully saturated rings. The Hall–Kier alpha value is -1.57. The van der Waals surface area contributed by atoms with Crippen LogP contribution in [0.5, 0.6) is 0 Å². The molecule has 1 aromatic heterocycles. The molecular weight excluding hydrogens is 337 g/mol. The minimum Gasteiger partial charge on any atom is -0.321 e. The summed E-state index contributed by atoms with van der Waals surface area (Å²) in [6, 6.07) is 3.82. The van der Waals surface area contributed by atoms with Crippen molar-refractivity contribution in [3.8, 4) is 0 Å². The Bertz CT molecular complexity index is 815. The number of benzene rings is 1. The van der Waals surface area contributed by atoms with Gasteiger partial charge in [0.25, 0.3) is 15.0 Å². The monoisotopic (exact) mass is 347 g/mol. The summed E-state index contributed by atoms with van der Waals surface area (Å²) in [5.74, 6) is -0.385. The molecule has 6 nitrogen and oxygen atoms in total. The lowest BCUT2D eigenvalue weighted by Crippen LogP contribution is -2.13. The van der Waals surface area contributed by atoms with Gasteiger partial charge in [0.15, 0.2) is 0 Å². The van der Waals surface area contributed by atoms with Crippen molar-refractivity contribution >= 4 is 42.9 Å². The molecule has 21 heavy (non-hydrogen) atoms.